The molecule has 0 unspecified atom stereocenters. The fraction of sp³-hybridized carbons (Fsp3) is 1.00. The first-order valence-corrected chi connectivity index (χ1v) is 3.43. The average molecular weight is 185 g/mol. The minimum Gasteiger partial charge on any atom is -0.255 e. The lowest BCUT2D eigenvalue weighted by Gasteiger charge is -2.39. The van der Waals surface area contributed by atoms with Crippen LogP contribution in [0, 0.1) is 5.92 Å². The molecule has 3 saturated heterocycles. The summed E-state index contributed by atoms with van der Waals surface area (Å²) in [6, 6.07) is 0. The normalized spacial score (nSPS) is 36.0. The smallest absolute Gasteiger partial charge is 0.0134 e. The molecule has 10 heavy (non-hydrogen) atoms. The van der Waals surface area contributed by atoms with Gasteiger partial charge in [-0.3, -0.25) is 5.43 Å². The second kappa shape index (κ2) is 4.39. The van der Waals surface area contributed by atoms with Crippen LogP contribution in [0.1, 0.15) is 12.8 Å². The summed E-state index contributed by atoms with van der Waals surface area (Å²) < 4.78 is 0. The molecular formula is C6H14Cl2N2. The number of hydrogen-bond acceptors (Lipinski definition) is 2. The lowest BCUT2D eigenvalue weighted by Crippen LogP contribution is -2.52. The van der Waals surface area contributed by atoms with Crippen LogP contribution < -0.4 is 5.43 Å². The van der Waals surface area contributed by atoms with Gasteiger partial charge in [0, 0.05) is 19.6 Å². The lowest BCUT2D eigenvalue weighted by atomic mass is 9.96. The summed E-state index contributed by atoms with van der Waals surface area (Å²) in [5.41, 5.74) is 3.35. The third kappa shape index (κ3) is 1.99. The van der Waals surface area contributed by atoms with E-state index in [-0.39, 0.29) is 24.8 Å². The second-order valence-corrected chi connectivity index (χ2v) is 2.79. The minimum absolute atomic E-state index is 0. The number of rotatable bonds is 0. The molecule has 2 bridgehead atoms. The number of nitrogens with zero attached hydrogens (tertiary/aromatic N) is 1. The van der Waals surface area contributed by atoms with E-state index < -0.39 is 0 Å². The number of hydrogen-bond donors (Lipinski definition) is 1. The van der Waals surface area contributed by atoms with Crippen molar-refractivity contribution in [3.05, 3.63) is 0 Å². The molecule has 0 aliphatic carbocycles. The highest BCUT2D eigenvalue weighted by Gasteiger charge is 2.24. The molecule has 0 aromatic rings. The van der Waals surface area contributed by atoms with Crippen LogP contribution in [0.15, 0.2) is 0 Å². The van der Waals surface area contributed by atoms with E-state index in [0.717, 1.165) is 5.92 Å². The van der Waals surface area contributed by atoms with Crippen LogP contribution in [0.3, 0.4) is 0 Å². The molecule has 0 atom stereocenters. The Balaban J connectivity index is 0.000000405. The quantitative estimate of drug-likeness (QED) is 0.607. The van der Waals surface area contributed by atoms with Crippen molar-refractivity contribution in [3.8, 4) is 0 Å². The monoisotopic (exact) mass is 184 g/mol. The molecule has 2 nitrogen and oxygen atoms in total. The van der Waals surface area contributed by atoms with E-state index in [4.69, 9.17) is 0 Å². The van der Waals surface area contributed by atoms with Crippen molar-refractivity contribution >= 4 is 24.8 Å². The van der Waals surface area contributed by atoms with Crippen LogP contribution in [0.25, 0.3) is 0 Å². The lowest BCUT2D eigenvalue weighted by molar-refractivity contribution is 0.0572. The van der Waals surface area contributed by atoms with Crippen molar-refractivity contribution in [1.82, 2.24) is 10.4 Å². The Hall–Kier alpha value is 0.500. The van der Waals surface area contributed by atoms with E-state index in [1.807, 2.05) is 0 Å². The van der Waals surface area contributed by atoms with Gasteiger partial charge in [-0.25, -0.2) is 5.01 Å². The number of halogens is 2. The SMILES string of the molecule is C1CN2CCC1CN2.Cl.Cl. The molecule has 1 N–H and O–H groups in total. The first-order valence-electron chi connectivity index (χ1n) is 3.43. The Labute approximate surface area is 74.1 Å². The zero-order valence-electron chi connectivity index (χ0n) is 5.88. The molecule has 0 aromatic carbocycles. The zero-order valence-corrected chi connectivity index (χ0v) is 7.51. The van der Waals surface area contributed by atoms with E-state index in [2.05, 4.69) is 10.4 Å². The fourth-order valence-electron chi connectivity index (χ4n) is 1.55. The fourth-order valence-corrected chi connectivity index (χ4v) is 1.55. The van der Waals surface area contributed by atoms with Crippen LogP contribution in [0.4, 0.5) is 0 Å². The van der Waals surface area contributed by atoms with Crippen molar-refractivity contribution in [3.63, 3.8) is 0 Å². The first-order chi connectivity index (χ1) is 3.95. The number of nitrogens with one attached hydrogen (secondary N) is 1. The Kier molecular flexibility index (Phi) is 4.61. The Morgan fingerprint density at radius 3 is 1.80 bits per heavy atom. The highest BCUT2D eigenvalue weighted by Crippen LogP contribution is 2.19. The van der Waals surface area contributed by atoms with Gasteiger partial charge < -0.3 is 0 Å². The molecule has 0 aromatic heterocycles. The molecule has 3 aliphatic rings. The highest BCUT2D eigenvalue weighted by atomic mass is 35.5. The van der Waals surface area contributed by atoms with E-state index in [0.29, 0.717) is 0 Å². The van der Waals surface area contributed by atoms with E-state index in [1.54, 1.807) is 0 Å². The summed E-state index contributed by atoms with van der Waals surface area (Å²) in [5.74, 6) is 1.000. The van der Waals surface area contributed by atoms with Crippen LogP contribution in [0.2, 0.25) is 0 Å². The van der Waals surface area contributed by atoms with Gasteiger partial charge in [0.05, 0.1) is 0 Å². The summed E-state index contributed by atoms with van der Waals surface area (Å²) in [6.07, 6.45) is 2.85. The first kappa shape index (κ1) is 10.5. The number of piperidine rings is 1. The maximum Gasteiger partial charge on any atom is 0.0134 e. The van der Waals surface area contributed by atoms with Gasteiger partial charge in [0.15, 0.2) is 0 Å². The summed E-state index contributed by atoms with van der Waals surface area (Å²) in [7, 11) is 0. The van der Waals surface area contributed by atoms with Crippen molar-refractivity contribution in [2.45, 2.75) is 12.8 Å². The van der Waals surface area contributed by atoms with Crippen molar-refractivity contribution in [2.75, 3.05) is 19.6 Å². The molecule has 0 saturated carbocycles. The third-order valence-electron chi connectivity index (χ3n) is 2.22. The van der Waals surface area contributed by atoms with E-state index in [1.165, 1.54) is 32.5 Å². The van der Waals surface area contributed by atoms with Crippen LogP contribution in [-0.2, 0) is 0 Å². The highest BCUT2D eigenvalue weighted by molar-refractivity contribution is 5.85. The van der Waals surface area contributed by atoms with Gasteiger partial charge in [-0.15, -0.1) is 24.8 Å². The molecule has 3 aliphatic heterocycles. The molecular weight excluding hydrogens is 171 g/mol. The second-order valence-electron chi connectivity index (χ2n) is 2.79. The maximum absolute atomic E-state index is 3.35. The predicted octanol–water partition coefficient (Wildman–Crippen LogP) is 1.06. The number of hydrazine groups is 1. The van der Waals surface area contributed by atoms with Crippen LogP contribution in [-0.4, -0.2) is 24.6 Å². The van der Waals surface area contributed by atoms with Gasteiger partial charge in [-0.05, 0) is 18.8 Å². The third-order valence-corrected chi connectivity index (χ3v) is 2.22. The van der Waals surface area contributed by atoms with Crippen molar-refractivity contribution < 1.29 is 0 Å². The number of fused-ring (bicyclic) bond motifs is 3. The predicted molar refractivity (Wildman–Crippen MR) is 46.8 cm³/mol. The molecule has 0 spiro atoms. The summed E-state index contributed by atoms with van der Waals surface area (Å²) in [6.45, 7) is 3.80. The molecule has 4 heteroatoms. The molecule has 0 amide bonds. The Bertz CT molecular complexity index is 68.7. The maximum atomic E-state index is 3.35. The van der Waals surface area contributed by atoms with Gasteiger partial charge in [-0.2, -0.15) is 0 Å². The molecule has 3 fully saturated rings. The molecule has 3 rings (SSSR count). The van der Waals surface area contributed by atoms with Crippen LogP contribution in [0.5, 0.6) is 0 Å². The van der Waals surface area contributed by atoms with E-state index >= 15 is 0 Å². The van der Waals surface area contributed by atoms with Crippen LogP contribution >= 0.6 is 24.8 Å². The van der Waals surface area contributed by atoms with Crippen molar-refractivity contribution in [1.29, 1.82) is 0 Å². The Morgan fingerprint density at radius 2 is 1.70 bits per heavy atom. The molecule has 3 heterocycles. The van der Waals surface area contributed by atoms with Gasteiger partial charge in [0.25, 0.3) is 0 Å². The Morgan fingerprint density at radius 1 is 1.10 bits per heavy atom. The molecule has 62 valence electrons. The van der Waals surface area contributed by atoms with E-state index in [9.17, 15) is 0 Å². The summed E-state index contributed by atoms with van der Waals surface area (Å²) in [4.78, 5) is 0. The average Bonchev–Trinajstić information content (AvgIpc) is 1.92. The standard InChI is InChI=1S/C6H12N2.2ClH/c1-3-8-4-2-6(1)5-7-8;;/h6-7H,1-5H2;2*1H. The summed E-state index contributed by atoms with van der Waals surface area (Å²) >= 11 is 0. The molecule has 0 radical (unpaired) electrons. The zero-order chi connectivity index (χ0) is 5.40. The topological polar surface area (TPSA) is 15.3 Å². The van der Waals surface area contributed by atoms with Gasteiger partial charge in [0.1, 0.15) is 0 Å². The summed E-state index contributed by atoms with van der Waals surface area (Å²) in [5, 5.41) is 2.33. The minimum atomic E-state index is 0. The van der Waals surface area contributed by atoms with Gasteiger partial charge in [0.2, 0.25) is 0 Å². The van der Waals surface area contributed by atoms with Gasteiger partial charge >= 0.3 is 0 Å². The largest absolute Gasteiger partial charge is 0.255 e. The van der Waals surface area contributed by atoms with Gasteiger partial charge in [-0.1, -0.05) is 0 Å². The van der Waals surface area contributed by atoms with Crippen molar-refractivity contribution in [2.24, 2.45) is 5.92 Å².